The predicted molar refractivity (Wildman–Crippen MR) is 105 cm³/mol. The largest absolute Gasteiger partial charge is 0.395 e. The Morgan fingerprint density at radius 2 is 1.62 bits per heavy atom. The lowest BCUT2D eigenvalue weighted by atomic mass is 10.2. The van der Waals surface area contributed by atoms with Crippen molar-refractivity contribution >= 4 is 52.4 Å². The van der Waals surface area contributed by atoms with Gasteiger partial charge in [0, 0.05) is 43.3 Å². The van der Waals surface area contributed by atoms with Crippen molar-refractivity contribution < 1.29 is 5.11 Å². The second kappa shape index (κ2) is 8.42. The van der Waals surface area contributed by atoms with Crippen LogP contribution >= 0.6 is 46.4 Å². The van der Waals surface area contributed by atoms with Gasteiger partial charge < -0.3 is 10.0 Å². The summed E-state index contributed by atoms with van der Waals surface area (Å²) >= 11 is 24.0. The number of aromatic nitrogens is 3. The topological polar surface area (TPSA) is 65.4 Å². The molecule has 0 amide bonds. The van der Waals surface area contributed by atoms with Crippen LogP contribution in [0.1, 0.15) is 5.82 Å². The molecule has 0 spiro atoms. The zero-order valence-corrected chi connectivity index (χ0v) is 16.8. The Kier molecular flexibility index (Phi) is 6.43. The number of rotatable bonds is 4. The normalized spacial score (nSPS) is 16.1. The van der Waals surface area contributed by atoms with E-state index in [2.05, 4.69) is 19.9 Å². The van der Waals surface area contributed by atoms with Gasteiger partial charge in [0.25, 0.3) is 0 Å². The number of hydrogen-bond acceptors (Lipinski definition) is 6. The third-order valence-corrected chi connectivity index (χ3v) is 4.81. The van der Waals surface area contributed by atoms with E-state index in [9.17, 15) is 0 Å². The fraction of sp³-hybridized carbons (Fsp3) is 0.438. The molecule has 0 atom stereocenters. The van der Waals surface area contributed by atoms with Gasteiger partial charge in [0.2, 0.25) is 9.74 Å². The number of halogens is 4. The van der Waals surface area contributed by atoms with Crippen LogP contribution in [0.25, 0.3) is 11.4 Å². The maximum atomic E-state index is 9.07. The lowest BCUT2D eigenvalue weighted by Gasteiger charge is -2.34. The summed E-state index contributed by atoms with van der Waals surface area (Å²) in [5, 5.41) is 9.68. The first-order chi connectivity index (χ1) is 12.4. The first-order valence-electron chi connectivity index (χ1n) is 8.04. The maximum Gasteiger partial charge on any atom is 0.250 e. The highest BCUT2D eigenvalue weighted by Crippen LogP contribution is 2.37. The molecule has 0 aliphatic carbocycles. The second-order valence-corrected chi connectivity index (χ2v) is 8.56. The third kappa shape index (κ3) is 4.88. The number of benzene rings is 1. The van der Waals surface area contributed by atoms with Gasteiger partial charge in [0.1, 0.15) is 0 Å². The molecule has 1 aliphatic heterocycles. The first-order valence-corrected chi connectivity index (χ1v) is 9.55. The molecule has 1 aromatic heterocycles. The van der Waals surface area contributed by atoms with Gasteiger partial charge in [-0.05, 0) is 24.3 Å². The van der Waals surface area contributed by atoms with Gasteiger partial charge in [-0.1, -0.05) is 46.4 Å². The molecule has 6 nitrogen and oxygen atoms in total. The molecular weight excluding hydrogens is 420 g/mol. The zero-order valence-electron chi connectivity index (χ0n) is 13.7. The molecule has 0 unspecified atom stereocenters. The standard InChI is InChI=1S/C16H17Cl4N5O/c17-12-3-1-11(2-4-12)13-21-14(16(18,19)20)23-15(22-13)25-7-5-24(6-8-25)9-10-26/h1-4,26H,5-10H2. The summed E-state index contributed by atoms with van der Waals surface area (Å²) in [6.45, 7) is 3.81. The summed E-state index contributed by atoms with van der Waals surface area (Å²) in [6.07, 6.45) is 0. The van der Waals surface area contributed by atoms with Crippen LogP contribution < -0.4 is 4.90 Å². The molecule has 1 aromatic carbocycles. The Balaban J connectivity index is 1.92. The van der Waals surface area contributed by atoms with E-state index >= 15 is 0 Å². The van der Waals surface area contributed by atoms with Crippen molar-refractivity contribution in [2.24, 2.45) is 0 Å². The van der Waals surface area contributed by atoms with Crippen molar-refractivity contribution in [3.8, 4) is 11.4 Å². The fourth-order valence-electron chi connectivity index (χ4n) is 2.67. The summed E-state index contributed by atoms with van der Waals surface area (Å²) in [5.41, 5.74) is 0.757. The number of nitrogens with zero attached hydrogens (tertiary/aromatic N) is 5. The van der Waals surface area contributed by atoms with Crippen molar-refractivity contribution in [3.05, 3.63) is 35.1 Å². The molecule has 0 radical (unpaired) electrons. The van der Waals surface area contributed by atoms with Crippen LogP contribution in [0.3, 0.4) is 0 Å². The summed E-state index contributed by atoms with van der Waals surface area (Å²) < 4.78 is -1.75. The van der Waals surface area contributed by atoms with E-state index in [1.807, 2.05) is 17.0 Å². The van der Waals surface area contributed by atoms with Crippen LogP contribution in [0.4, 0.5) is 5.95 Å². The Bertz CT molecular complexity index is 745. The quantitative estimate of drug-likeness (QED) is 0.742. The average Bonchev–Trinajstić information content (AvgIpc) is 2.62. The van der Waals surface area contributed by atoms with E-state index in [1.54, 1.807) is 12.1 Å². The highest BCUT2D eigenvalue weighted by Gasteiger charge is 2.30. The molecule has 0 saturated carbocycles. The molecule has 0 bridgehead atoms. The maximum absolute atomic E-state index is 9.07. The van der Waals surface area contributed by atoms with Gasteiger partial charge in [0.15, 0.2) is 11.6 Å². The molecule has 1 saturated heterocycles. The van der Waals surface area contributed by atoms with Gasteiger partial charge in [0.05, 0.1) is 6.61 Å². The number of aliphatic hydroxyl groups is 1. The molecule has 1 N–H and O–H groups in total. The van der Waals surface area contributed by atoms with Crippen molar-refractivity contribution in [1.82, 2.24) is 19.9 Å². The fourth-order valence-corrected chi connectivity index (χ4v) is 3.05. The van der Waals surface area contributed by atoms with Crippen LogP contribution in [0.5, 0.6) is 0 Å². The van der Waals surface area contributed by atoms with Gasteiger partial charge in [-0.15, -0.1) is 0 Å². The molecule has 26 heavy (non-hydrogen) atoms. The molecule has 10 heteroatoms. The number of β-amino-alcohol motifs (C(OH)–C–C–N with tert-alkyl or cyclic N) is 1. The monoisotopic (exact) mass is 435 g/mol. The van der Waals surface area contributed by atoms with Crippen LogP contribution in [0, 0.1) is 0 Å². The molecule has 2 aromatic rings. The SMILES string of the molecule is OCCN1CCN(c2nc(-c3ccc(Cl)cc3)nc(C(Cl)(Cl)Cl)n2)CC1. The number of piperazine rings is 1. The molecule has 1 aliphatic rings. The van der Waals surface area contributed by atoms with Gasteiger partial charge >= 0.3 is 0 Å². The summed E-state index contributed by atoms with van der Waals surface area (Å²) in [7, 11) is 0. The lowest BCUT2D eigenvalue weighted by molar-refractivity contribution is 0.188. The average molecular weight is 437 g/mol. The number of hydrogen-bond donors (Lipinski definition) is 1. The molecule has 1 fully saturated rings. The molecule has 140 valence electrons. The summed E-state index contributed by atoms with van der Waals surface area (Å²) in [6, 6.07) is 7.12. The van der Waals surface area contributed by atoms with E-state index in [0.29, 0.717) is 36.4 Å². The smallest absolute Gasteiger partial charge is 0.250 e. The van der Waals surface area contributed by atoms with Crippen molar-refractivity contribution in [2.75, 3.05) is 44.2 Å². The van der Waals surface area contributed by atoms with Crippen molar-refractivity contribution in [2.45, 2.75) is 3.79 Å². The Morgan fingerprint density at radius 3 is 2.19 bits per heavy atom. The Hall–Kier alpha value is -0.890. The van der Waals surface area contributed by atoms with E-state index in [1.165, 1.54) is 0 Å². The lowest BCUT2D eigenvalue weighted by Crippen LogP contribution is -2.48. The highest BCUT2D eigenvalue weighted by atomic mass is 35.6. The van der Waals surface area contributed by atoms with E-state index in [4.69, 9.17) is 51.5 Å². The number of alkyl halides is 3. The first kappa shape index (κ1) is 19.9. The zero-order chi connectivity index (χ0) is 18.7. The van der Waals surface area contributed by atoms with Gasteiger partial charge in [-0.3, -0.25) is 4.90 Å². The number of aliphatic hydroxyl groups excluding tert-OH is 1. The van der Waals surface area contributed by atoms with Gasteiger partial charge in [-0.25, -0.2) is 4.98 Å². The predicted octanol–water partition coefficient (Wildman–Crippen LogP) is 3.13. The highest BCUT2D eigenvalue weighted by molar-refractivity contribution is 6.66. The minimum atomic E-state index is -1.75. The molecule has 2 heterocycles. The minimum absolute atomic E-state index is 0.0789. The van der Waals surface area contributed by atoms with E-state index in [-0.39, 0.29) is 12.4 Å². The minimum Gasteiger partial charge on any atom is -0.395 e. The Morgan fingerprint density at radius 1 is 0.962 bits per heavy atom. The van der Waals surface area contributed by atoms with Gasteiger partial charge in [-0.2, -0.15) is 9.97 Å². The van der Waals surface area contributed by atoms with E-state index in [0.717, 1.165) is 18.7 Å². The summed E-state index contributed by atoms with van der Waals surface area (Å²) in [5.74, 6) is 0.968. The van der Waals surface area contributed by atoms with Crippen molar-refractivity contribution in [1.29, 1.82) is 0 Å². The van der Waals surface area contributed by atoms with Crippen LogP contribution in [-0.4, -0.2) is 64.3 Å². The summed E-state index contributed by atoms with van der Waals surface area (Å²) in [4.78, 5) is 17.4. The molecular formula is C16H17Cl4N5O. The van der Waals surface area contributed by atoms with Crippen LogP contribution in [0.15, 0.2) is 24.3 Å². The van der Waals surface area contributed by atoms with E-state index < -0.39 is 3.79 Å². The number of anilines is 1. The third-order valence-electron chi connectivity index (χ3n) is 4.05. The van der Waals surface area contributed by atoms with Crippen LogP contribution in [-0.2, 0) is 3.79 Å². The second-order valence-electron chi connectivity index (χ2n) is 5.84. The van der Waals surface area contributed by atoms with Crippen molar-refractivity contribution in [3.63, 3.8) is 0 Å². The molecule has 3 rings (SSSR count). The Labute approximate surface area is 171 Å². The van der Waals surface area contributed by atoms with Crippen LogP contribution in [0.2, 0.25) is 5.02 Å².